The van der Waals surface area contributed by atoms with Gasteiger partial charge in [0, 0.05) is 139 Å². The fourth-order valence-electron chi connectivity index (χ4n) is 16.2. The molecule has 26 rings (SSSR count). The van der Waals surface area contributed by atoms with E-state index in [0.29, 0.717) is 17.9 Å². The number of oxazole rings is 1. The van der Waals surface area contributed by atoms with Crippen molar-refractivity contribution in [2.24, 2.45) is 14.0 Å². The van der Waals surface area contributed by atoms with E-state index < -0.39 is 6.98 Å². The molecule has 25 heteroatoms. The van der Waals surface area contributed by atoms with Gasteiger partial charge in [-0.05, 0) is 60.7 Å². The quantitative estimate of drug-likeness (QED) is 0.142. The number of nitrogens with zero attached hydrogens (tertiary/aromatic N) is 23. The zero-order valence-corrected chi connectivity index (χ0v) is 55.5. The van der Waals surface area contributed by atoms with Crippen molar-refractivity contribution in [1.29, 1.82) is 0 Å². The minimum Gasteiger partial charge on any atom is -0.396 e. The Morgan fingerprint density at radius 3 is 1.51 bits per heavy atom. The van der Waals surface area contributed by atoms with E-state index in [1.165, 1.54) is 103 Å². The third kappa shape index (κ3) is 8.35. The van der Waals surface area contributed by atoms with Gasteiger partial charge in [0.15, 0.2) is 29.6 Å². The minimum atomic E-state index is -2.28. The molecule has 0 radical (unpaired) electrons. The number of benzene rings is 1. The molecule has 0 spiro atoms. The van der Waals surface area contributed by atoms with E-state index in [4.69, 9.17) is 8.53 Å². The summed E-state index contributed by atoms with van der Waals surface area (Å²) in [5.74, 6) is 4.00. The molecule has 103 heavy (non-hydrogen) atoms. The summed E-state index contributed by atoms with van der Waals surface area (Å²) in [6.45, 7) is 1.92. The van der Waals surface area contributed by atoms with Gasteiger partial charge in [0.1, 0.15) is 57.7 Å². The molecule has 0 saturated heterocycles. The molecule has 0 atom stereocenters. The maximum atomic E-state index is 8.03. The lowest BCUT2D eigenvalue weighted by Crippen LogP contribution is -2.31. The van der Waals surface area contributed by atoms with Crippen molar-refractivity contribution in [3.8, 4) is 61.9 Å². The highest BCUT2D eigenvalue weighted by Crippen LogP contribution is 2.40. The van der Waals surface area contributed by atoms with Gasteiger partial charge in [-0.3, -0.25) is 43.7 Å². The van der Waals surface area contributed by atoms with Gasteiger partial charge in [-0.15, -0.1) is 4.57 Å². The lowest BCUT2D eigenvalue weighted by molar-refractivity contribution is -0.648. The highest BCUT2D eigenvalue weighted by Gasteiger charge is 2.41. The molecule has 25 heterocycles. The predicted molar refractivity (Wildman–Crippen MR) is 384 cm³/mol. The van der Waals surface area contributed by atoms with Gasteiger partial charge in [-0.2, -0.15) is 9.13 Å². The van der Waals surface area contributed by atoms with Crippen LogP contribution in [0.2, 0.25) is 0 Å². The lowest BCUT2D eigenvalue weighted by atomic mass is 10.1. The number of para-hydroxylation sites is 1. The molecule has 24 nitrogen and oxygen atoms in total. The van der Waals surface area contributed by atoms with Crippen LogP contribution in [-0.4, -0.2) is 85.5 Å². The number of fused-ring (bicyclic) bond motifs is 35. The molecule has 0 fully saturated rings. The van der Waals surface area contributed by atoms with Gasteiger partial charge < -0.3 is 17.6 Å². The maximum absolute atomic E-state index is 8.03. The van der Waals surface area contributed by atoms with Crippen molar-refractivity contribution >= 4 is 93.3 Å². The molecule has 5 aliphatic heterocycles. The predicted octanol–water partition coefficient (Wildman–Crippen LogP) is 10.1. The van der Waals surface area contributed by atoms with E-state index in [-0.39, 0.29) is 0 Å². The molecular weight excluding hydrogens is 1310 g/mol. The van der Waals surface area contributed by atoms with Crippen LogP contribution in [0.5, 0.6) is 0 Å². The summed E-state index contributed by atoms with van der Waals surface area (Å²) in [4.78, 5) is 42.2. The number of hydrogen-bond donors (Lipinski definition) is 0. The number of aromatic nitrogens is 23. The largest absolute Gasteiger partial charge is 0.396 e. The Labute approximate surface area is 590 Å². The summed E-state index contributed by atoms with van der Waals surface area (Å²) in [7, 11) is 2.11. The zero-order chi connectivity index (χ0) is 70.2. The second kappa shape index (κ2) is 21.8. The first-order valence-corrected chi connectivity index (χ1v) is 34.3. The van der Waals surface area contributed by atoms with E-state index in [1.54, 1.807) is 37.3 Å². The van der Waals surface area contributed by atoms with E-state index in [2.05, 4.69) is 171 Å². The molecular formula is C78H56N23OS+5. The third-order valence-corrected chi connectivity index (χ3v) is 21.8. The van der Waals surface area contributed by atoms with Gasteiger partial charge in [0.2, 0.25) is 27.6 Å². The number of rotatable bonds is 1. The highest BCUT2D eigenvalue weighted by atomic mass is 32.1. The number of hydrogen-bond acceptors (Lipinski definition) is 12. The van der Waals surface area contributed by atoms with E-state index in [9.17, 15) is 0 Å². The maximum Gasteiger partial charge on any atom is 0.384 e. The van der Waals surface area contributed by atoms with E-state index in [1.807, 2.05) is 161 Å². The van der Waals surface area contributed by atoms with Crippen molar-refractivity contribution in [1.82, 2.24) is 85.5 Å². The molecule has 0 amide bonds. The molecule has 0 bridgehead atoms. The first-order valence-electron chi connectivity index (χ1n) is 35.0. The number of thiazole rings is 1. The van der Waals surface area contributed by atoms with Crippen LogP contribution >= 0.6 is 11.3 Å². The van der Waals surface area contributed by atoms with Crippen molar-refractivity contribution in [2.75, 3.05) is 0 Å². The molecule has 490 valence electrons. The molecule has 0 aliphatic carbocycles. The fourth-order valence-corrected chi connectivity index (χ4v) is 17.4. The molecule has 0 N–H and O–H groups in total. The number of pyridine rings is 5. The van der Waals surface area contributed by atoms with Crippen LogP contribution in [0, 0.1) is 0 Å². The topological polar surface area (TPSA) is 198 Å². The minimum absolute atomic E-state index is 0.650. The third-order valence-electron chi connectivity index (χ3n) is 20.6. The highest BCUT2D eigenvalue weighted by molar-refractivity contribution is 7.21. The summed E-state index contributed by atoms with van der Waals surface area (Å²) >= 11 is 1.83. The Hall–Kier alpha value is -13.8. The van der Waals surface area contributed by atoms with Crippen molar-refractivity contribution in [3.63, 3.8) is 0 Å². The lowest BCUT2D eigenvalue weighted by Gasteiger charge is -2.00. The fraction of sp³-hybridized carbons (Fsp3) is 0.0897. The van der Waals surface area contributed by atoms with Crippen LogP contribution in [0.1, 0.15) is 31.9 Å². The van der Waals surface area contributed by atoms with Crippen LogP contribution in [0.15, 0.2) is 251 Å². The van der Waals surface area contributed by atoms with Crippen LogP contribution < -0.4 is 22.8 Å². The van der Waals surface area contributed by atoms with Gasteiger partial charge in [-0.1, -0.05) is 29.5 Å². The molecule has 21 aromatic rings. The van der Waals surface area contributed by atoms with E-state index >= 15 is 0 Å². The van der Waals surface area contributed by atoms with Crippen molar-refractivity contribution in [2.45, 2.75) is 32.7 Å². The zero-order valence-electron chi connectivity index (χ0n) is 57.7. The first-order chi connectivity index (χ1) is 52.1. The summed E-state index contributed by atoms with van der Waals surface area (Å²) < 4.78 is 59.0. The summed E-state index contributed by atoms with van der Waals surface area (Å²) in [5.41, 5.74) is 28.4. The smallest absolute Gasteiger partial charge is 0.384 e. The van der Waals surface area contributed by atoms with Crippen LogP contribution in [0.4, 0.5) is 0 Å². The monoisotopic (exact) mass is 1370 g/mol. The Balaban J connectivity index is 0.0000000830. The first kappa shape index (κ1) is 54.1. The van der Waals surface area contributed by atoms with Crippen molar-refractivity contribution < 1.29 is 31.4 Å². The number of aryl methyl sites for hydroxylation is 2. The Morgan fingerprint density at radius 2 is 0.874 bits per heavy atom. The normalized spacial score (nSPS) is 13.5. The van der Waals surface area contributed by atoms with Crippen LogP contribution in [0.25, 0.3) is 144 Å². The van der Waals surface area contributed by atoms with Gasteiger partial charge in [0.25, 0.3) is 28.0 Å². The molecule has 0 saturated carbocycles. The number of imidazole rings is 3. The average Bonchev–Trinajstić information content (AvgIpc) is 1.56. The van der Waals surface area contributed by atoms with Gasteiger partial charge in [-0.25, -0.2) is 37.8 Å². The molecule has 5 aliphatic rings. The average molecular weight is 1370 g/mol. The molecule has 0 unspecified atom stereocenters. The van der Waals surface area contributed by atoms with Crippen LogP contribution in [0.3, 0.4) is 0 Å². The standard InChI is InChI=1S/C20H14N5.2C15H12N5.C14H9N4O.C14H9N4S/c1-2-4-15(5-3-1)25-18-12-23-13-22-9-7-17(23)19(18)24-11-14-6-8-21-10-16(14)20(24)25;2*1-18-14-12-7-17-4-5-19(12)9-13(14)20-8-10-2-3-16-6-11(10)15(18)20;2*1-3-15-5-10-9(1)6-18-13-11-2-4-16-8-17(11)7-12(13)19-14(10)18/h1-10,12-13H,11H2;2*2-7,9H,8H2,1H3;2*1-5,7-8H,6H2/q5*+1/i;1D3;;;. The summed E-state index contributed by atoms with van der Waals surface area (Å²) in [5, 5.41) is 1.31. The van der Waals surface area contributed by atoms with Gasteiger partial charge >= 0.3 is 5.89 Å². The summed E-state index contributed by atoms with van der Waals surface area (Å²) in [6, 6.07) is 27.0. The Bertz CT molecular complexity index is 7090. The molecule has 20 aromatic heterocycles. The second-order valence-electron chi connectivity index (χ2n) is 26.1. The van der Waals surface area contributed by atoms with Gasteiger partial charge in [0.05, 0.1) is 102 Å². The van der Waals surface area contributed by atoms with Crippen molar-refractivity contribution in [3.05, 3.63) is 274 Å². The second-order valence-corrected chi connectivity index (χ2v) is 27.1. The SMILES string of the molecule is C[n+]1c2n(c3cn4ccncc4c31)Cc1ccncc1-2.[2H]C([2H])([2H])[n+]1c2n(c3cn4ccncc4c31)Cc1ccncc1-2.c1cc2c(cn1)-c1oc3cn4cnccc4c3[n+]1C2.c1cc2c(cn1)-c1sc3cn4cnccc4c3[n+]1C2.c1ccc(-n2c3[n+](c4c2cn2cnccc42)Cc2ccncc2-3)cc1. The van der Waals surface area contributed by atoms with E-state index in [0.717, 1.165) is 87.6 Å². The molecule has 1 aromatic carbocycles. The Morgan fingerprint density at radius 1 is 0.388 bits per heavy atom. The van der Waals surface area contributed by atoms with Crippen LogP contribution in [-0.2, 0) is 46.7 Å². The Kier molecular flexibility index (Phi) is 11.5. The summed E-state index contributed by atoms with van der Waals surface area (Å²) in [6.07, 6.45) is 51.1.